The number of rotatable bonds is 1. The van der Waals surface area contributed by atoms with Crippen LogP contribution in [-0.4, -0.2) is 4.98 Å². The summed E-state index contributed by atoms with van der Waals surface area (Å²) in [5, 5.41) is 0.740. The van der Waals surface area contributed by atoms with Crippen molar-refractivity contribution in [1.29, 1.82) is 0 Å². The summed E-state index contributed by atoms with van der Waals surface area (Å²) in [6.07, 6.45) is 1.57. The minimum Gasteiger partial charge on any atom is -0.256 e. The second-order valence-electron chi connectivity index (χ2n) is 2.56. The summed E-state index contributed by atoms with van der Waals surface area (Å²) < 4.78 is 25.2. The van der Waals surface area contributed by atoms with Gasteiger partial charge in [0.05, 0.1) is 22.6 Å². The van der Waals surface area contributed by atoms with Crippen molar-refractivity contribution < 1.29 is 8.28 Å². The van der Waals surface area contributed by atoms with Gasteiger partial charge in [-0.1, -0.05) is 6.07 Å². The SMILES string of the molecule is FSc1cc2cccnc2cc1F. The Balaban J connectivity index is 2.74. The molecule has 0 saturated heterocycles. The number of halogens is 2. The molecule has 0 bridgehead atoms. The van der Waals surface area contributed by atoms with Crippen molar-refractivity contribution in [2.24, 2.45) is 0 Å². The Bertz CT molecular complexity index is 445. The molecule has 0 unspecified atom stereocenters. The molecule has 66 valence electrons. The Morgan fingerprint density at radius 1 is 1.31 bits per heavy atom. The lowest BCUT2D eigenvalue weighted by Gasteiger charge is -1.99. The molecule has 2 rings (SSSR count). The first-order valence-corrected chi connectivity index (χ1v) is 4.36. The van der Waals surface area contributed by atoms with Crippen LogP contribution in [0.3, 0.4) is 0 Å². The molecule has 0 aliphatic heterocycles. The van der Waals surface area contributed by atoms with E-state index in [0.717, 1.165) is 5.39 Å². The van der Waals surface area contributed by atoms with Gasteiger partial charge in [-0.3, -0.25) is 4.98 Å². The van der Waals surface area contributed by atoms with Crippen LogP contribution in [0.4, 0.5) is 8.28 Å². The quantitative estimate of drug-likeness (QED) is 0.695. The molecule has 0 aliphatic rings. The maximum atomic E-state index is 13.0. The summed E-state index contributed by atoms with van der Waals surface area (Å²) >= 11 is -0.0925. The van der Waals surface area contributed by atoms with Gasteiger partial charge < -0.3 is 0 Å². The molecule has 0 aliphatic carbocycles. The number of fused-ring (bicyclic) bond motifs is 1. The Labute approximate surface area is 78.1 Å². The van der Waals surface area contributed by atoms with E-state index in [1.165, 1.54) is 12.1 Å². The fourth-order valence-corrected chi connectivity index (χ4v) is 1.44. The minimum atomic E-state index is -0.571. The predicted octanol–water partition coefficient (Wildman–Crippen LogP) is 3.35. The monoisotopic (exact) mass is 197 g/mol. The van der Waals surface area contributed by atoms with E-state index in [2.05, 4.69) is 4.98 Å². The molecule has 0 spiro atoms. The number of benzene rings is 1. The fraction of sp³-hybridized carbons (Fsp3) is 0. The van der Waals surface area contributed by atoms with Crippen LogP contribution in [0.25, 0.3) is 10.9 Å². The Morgan fingerprint density at radius 3 is 2.92 bits per heavy atom. The summed E-state index contributed by atoms with van der Waals surface area (Å²) in [5.74, 6) is -0.571. The normalized spacial score (nSPS) is 10.6. The van der Waals surface area contributed by atoms with Gasteiger partial charge in [0.1, 0.15) is 5.82 Å². The molecular formula is C9H5F2NS. The van der Waals surface area contributed by atoms with Crippen molar-refractivity contribution in [1.82, 2.24) is 4.98 Å². The maximum Gasteiger partial charge on any atom is 0.141 e. The zero-order chi connectivity index (χ0) is 9.26. The maximum absolute atomic E-state index is 13.0. The van der Waals surface area contributed by atoms with Gasteiger partial charge in [0.15, 0.2) is 0 Å². The second-order valence-corrected chi connectivity index (χ2v) is 3.15. The van der Waals surface area contributed by atoms with Crippen LogP contribution >= 0.6 is 12.1 Å². The predicted molar refractivity (Wildman–Crippen MR) is 48.7 cm³/mol. The first kappa shape index (κ1) is 8.44. The lowest BCUT2D eigenvalue weighted by molar-refractivity contribution is 0.602. The lowest BCUT2D eigenvalue weighted by Crippen LogP contribution is -1.83. The molecule has 1 heterocycles. The highest BCUT2D eigenvalue weighted by molar-refractivity contribution is 7.94. The largest absolute Gasteiger partial charge is 0.256 e. The van der Waals surface area contributed by atoms with Gasteiger partial charge >= 0.3 is 0 Å². The van der Waals surface area contributed by atoms with Gasteiger partial charge in [0.25, 0.3) is 0 Å². The summed E-state index contributed by atoms with van der Waals surface area (Å²) in [6.45, 7) is 0. The van der Waals surface area contributed by atoms with E-state index in [4.69, 9.17) is 0 Å². The van der Waals surface area contributed by atoms with E-state index in [0.29, 0.717) is 5.52 Å². The third-order valence-electron chi connectivity index (χ3n) is 1.74. The first-order valence-electron chi connectivity index (χ1n) is 3.64. The van der Waals surface area contributed by atoms with Crippen molar-refractivity contribution in [3.05, 3.63) is 36.3 Å². The molecular weight excluding hydrogens is 192 g/mol. The summed E-state index contributed by atoms with van der Waals surface area (Å²) in [6, 6.07) is 6.17. The zero-order valence-electron chi connectivity index (χ0n) is 6.50. The molecule has 1 aromatic heterocycles. The van der Waals surface area contributed by atoms with E-state index < -0.39 is 5.82 Å². The van der Waals surface area contributed by atoms with E-state index >= 15 is 0 Å². The van der Waals surface area contributed by atoms with Crippen LogP contribution in [0.1, 0.15) is 0 Å². The van der Waals surface area contributed by atoms with Crippen molar-refractivity contribution >= 4 is 23.1 Å². The van der Waals surface area contributed by atoms with Crippen molar-refractivity contribution in [3.63, 3.8) is 0 Å². The minimum absolute atomic E-state index is 0.000463. The van der Waals surface area contributed by atoms with E-state index in [1.807, 2.05) is 0 Å². The number of nitrogens with zero attached hydrogens (tertiary/aromatic N) is 1. The Kier molecular flexibility index (Phi) is 2.14. The molecule has 13 heavy (non-hydrogen) atoms. The van der Waals surface area contributed by atoms with Crippen LogP contribution in [0.2, 0.25) is 0 Å². The zero-order valence-corrected chi connectivity index (χ0v) is 7.31. The summed E-state index contributed by atoms with van der Waals surface area (Å²) in [7, 11) is 0. The van der Waals surface area contributed by atoms with Gasteiger partial charge in [-0.15, -0.1) is 0 Å². The summed E-state index contributed by atoms with van der Waals surface area (Å²) in [4.78, 5) is 3.95. The molecule has 4 heteroatoms. The lowest BCUT2D eigenvalue weighted by atomic mass is 10.2. The van der Waals surface area contributed by atoms with Crippen LogP contribution in [0.5, 0.6) is 0 Å². The molecule has 0 radical (unpaired) electrons. The highest BCUT2D eigenvalue weighted by Gasteiger charge is 2.05. The van der Waals surface area contributed by atoms with Gasteiger partial charge in [-0.25, -0.2) is 4.39 Å². The number of hydrogen-bond acceptors (Lipinski definition) is 2. The van der Waals surface area contributed by atoms with Crippen LogP contribution < -0.4 is 0 Å². The average Bonchev–Trinajstić information content (AvgIpc) is 2.17. The van der Waals surface area contributed by atoms with E-state index in [-0.39, 0.29) is 17.0 Å². The van der Waals surface area contributed by atoms with Crippen molar-refractivity contribution in [3.8, 4) is 0 Å². The highest BCUT2D eigenvalue weighted by atomic mass is 32.2. The third kappa shape index (κ3) is 1.49. The molecule has 1 aromatic carbocycles. The van der Waals surface area contributed by atoms with Gasteiger partial charge in [-0.2, -0.15) is 3.89 Å². The fourth-order valence-electron chi connectivity index (χ4n) is 1.13. The average molecular weight is 197 g/mol. The Hall–Kier alpha value is -1.16. The van der Waals surface area contributed by atoms with Crippen LogP contribution in [0.15, 0.2) is 35.4 Å². The molecule has 0 N–H and O–H groups in total. The Morgan fingerprint density at radius 2 is 2.15 bits per heavy atom. The molecule has 1 nitrogen and oxygen atoms in total. The molecule has 0 amide bonds. The standard InChI is InChI=1S/C9H5F2NS/c10-7-5-8-6(2-1-3-12-8)4-9(7)13-11/h1-5H. The highest BCUT2D eigenvalue weighted by Crippen LogP contribution is 2.26. The van der Waals surface area contributed by atoms with Crippen LogP contribution in [0, 0.1) is 5.82 Å². The van der Waals surface area contributed by atoms with Crippen LogP contribution in [-0.2, 0) is 0 Å². The van der Waals surface area contributed by atoms with Gasteiger partial charge in [-0.05, 0) is 12.1 Å². The van der Waals surface area contributed by atoms with Crippen molar-refractivity contribution in [2.45, 2.75) is 4.90 Å². The number of aromatic nitrogens is 1. The van der Waals surface area contributed by atoms with Crippen molar-refractivity contribution in [2.75, 3.05) is 0 Å². The third-order valence-corrected chi connectivity index (χ3v) is 2.22. The number of hydrogen-bond donors (Lipinski definition) is 0. The van der Waals surface area contributed by atoms with Gasteiger partial charge in [0.2, 0.25) is 0 Å². The second kappa shape index (κ2) is 3.30. The molecule has 0 saturated carbocycles. The molecule has 0 fully saturated rings. The summed E-state index contributed by atoms with van der Waals surface area (Å²) in [5.41, 5.74) is 0.540. The first-order chi connectivity index (χ1) is 6.31. The van der Waals surface area contributed by atoms with E-state index in [9.17, 15) is 8.28 Å². The number of pyridine rings is 1. The topological polar surface area (TPSA) is 12.9 Å². The molecule has 0 atom stereocenters. The van der Waals surface area contributed by atoms with Gasteiger partial charge in [0, 0.05) is 17.6 Å². The smallest absolute Gasteiger partial charge is 0.141 e. The van der Waals surface area contributed by atoms with E-state index in [1.54, 1.807) is 18.3 Å². The molecule has 2 aromatic rings.